The van der Waals surface area contributed by atoms with Crippen LogP contribution in [0, 0.1) is 11.3 Å². The Hall–Kier alpha value is -1.53. The summed E-state index contributed by atoms with van der Waals surface area (Å²) in [5.74, 6) is 0.282. The highest BCUT2D eigenvalue weighted by Gasteiger charge is 2.32. The summed E-state index contributed by atoms with van der Waals surface area (Å²) >= 11 is 13.2. The van der Waals surface area contributed by atoms with Gasteiger partial charge in [-0.25, -0.2) is 0 Å². The molecule has 0 saturated heterocycles. The number of rotatable bonds is 9. The van der Waals surface area contributed by atoms with Crippen molar-refractivity contribution in [3.8, 4) is 6.07 Å². The molecule has 0 N–H and O–H groups in total. The molecule has 1 fully saturated rings. The van der Waals surface area contributed by atoms with Gasteiger partial charge in [0.1, 0.15) is 0 Å². The van der Waals surface area contributed by atoms with Gasteiger partial charge in [-0.2, -0.15) is 5.26 Å². The fourth-order valence-electron chi connectivity index (χ4n) is 4.85. The lowest BCUT2D eigenvalue weighted by Crippen LogP contribution is -2.40. The van der Waals surface area contributed by atoms with Crippen LogP contribution in [0.4, 0.5) is 0 Å². The Kier molecular flexibility index (Phi) is 12.3. The monoisotopic (exact) mass is 486 g/mol. The van der Waals surface area contributed by atoms with Crippen molar-refractivity contribution in [3.05, 3.63) is 71.3 Å². The second-order valence-electron chi connectivity index (χ2n) is 9.41. The molecule has 4 heteroatoms. The minimum absolute atomic E-state index is 0.163. The Balaban J connectivity index is 0.00000122. The van der Waals surface area contributed by atoms with E-state index in [4.69, 9.17) is 28.5 Å². The number of nitrogens with zero attached hydrogens (tertiary/aromatic N) is 2. The van der Waals surface area contributed by atoms with Gasteiger partial charge in [0, 0.05) is 42.2 Å². The van der Waals surface area contributed by atoms with Crippen molar-refractivity contribution in [1.29, 1.82) is 5.26 Å². The van der Waals surface area contributed by atoms with E-state index in [1.165, 1.54) is 30.0 Å². The first kappa shape index (κ1) is 27.7. The molecule has 180 valence electrons. The molecule has 0 aliphatic heterocycles. The SMILES string of the molecule is CC#N.CC(C)N(CCc1ccccc1)C(C)CCc1ccc(C2C(Cl)CCCC2Cl)cc1. The van der Waals surface area contributed by atoms with E-state index < -0.39 is 0 Å². The van der Waals surface area contributed by atoms with E-state index in [1.54, 1.807) is 6.07 Å². The van der Waals surface area contributed by atoms with Gasteiger partial charge in [-0.05, 0) is 69.6 Å². The first-order valence-corrected chi connectivity index (χ1v) is 13.2. The summed E-state index contributed by atoms with van der Waals surface area (Å²) in [7, 11) is 0. The summed E-state index contributed by atoms with van der Waals surface area (Å²) in [6.45, 7) is 9.53. The minimum atomic E-state index is 0.163. The van der Waals surface area contributed by atoms with Gasteiger partial charge >= 0.3 is 0 Å². The summed E-state index contributed by atoms with van der Waals surface area (Å²) in [5.41, 5.74) is 4.13. The Morgan fingerprint density at radius 3 is 2.00 bits per heavy atom. The molecule has 3 rings (SSSR count). The standard InChI is InChI=1S/C27H37Cl2N.C2H3N/c1-20(2)30(19-18-22-8-5-4-6-9-22)21(3)12-13-23-14-16-24(17-15-23)27-25(28)10-7-11-26(27)29;1-2-3/h4-6,8-9,14-17,20-21,25-27H,7,10-13,18-19H2,1-3H3;1H3. The second kappa shape index (κ2) is 14.7. The number of hydrogen-bond acceptors (Lipinski definition) is 2. The Morgan fingerprint density at radius 2 is 1.45 bits per heavy atom. The number of nitriles is 1. The van der Waals surface area contributed by atoms with E-state index in [-0.39, 0.29) is 16.7 Å². The number of hydrogen-bond donors (Lipinski definition) is 0. The minimum Gasteiger partial charge on any atom is -0.298 e. The topological polar surface area (TPSA) is 27.0 Å². The molecule has 3 unspecified atom stereocenters. The fourth-order valence-corrected chi connectivity index (χ4v) is 5.87. The maximum absolute atomic E-state index is 7.32. The molecule has 1 saturated carbocycles. The number of aryl methyl sites for hydroxylation is 1. The quantitative estimate of drug-likeness (QED) is 0.335. The van der Waals surface area contributed by atoms with E-state index in [2.05, 4.69) is 80.3 Å². The van der Waals surface area contributed by atoms with Gasteiger partial charge in [-0.3, -0.25) is 4.90 Å². The summed E-state index contributed by atoms with van der Waals surface area (Å²) in [5, 5.41) is 7.65. The lowest BCUT2D eigenvalue weighted by atomic mass is 9.83. The van der Waals surface area contributed by atoms with Gasteiger partial charge in [0.15, 0.2) is 0 Å². The van der Waals surface area contributed by atoms with Crippen molar-refractivity contribution in [2.24, 2.45) is 0 Å². The Bertz CT molecular complexity index is 819. The summed E-state index contributed by atoms with van der Waals surface area (Å²) < 4.78 is 0. The van der Waals surface area contributed by atoms with Crippen molar-refractivity contribution < 1.29 is 0 Å². The van der Waals surface area contributed by atoms with Crippen molar-refractivity contribution in [3.63, 3.8) is 0 Å². The maximum atomic E-state index is 7.32. The maximum Gasteiger partial charge on any atom is 0.0587 e. The number of halogens is 2. The molecule has 3 atom stereocenters. The lowest BCUT2D eigenvalue weighted by Gasteiger charge is -2.33. The molecule has 0 radical (unpaired) electrons. The third-order valence-electron chi connectivity index (χ3n) is 6.69. The molecule has 1 aliphatic carbocycles. The smallest absolute Gasteiger partial charge is 0.0587 e. The Labute approximate surface area is 211 Å². The summed E-state index contributed by atoms with van der Waals surface area (Å²) in [6.07, 6.45) is 6.68. The van der Waals surface area contributed by atoms with Crippen LogP contribution in [-0.4, -0.2) is 34.3 Å². The van der Waals surface area contributed by atoms with Crippen molar-refractivity contribution in [1.82, 2.24) is 4.90 Å². The van der Waals surface area contributed by atoms with Gasteiger partial charge in [0.05, 0.1) is 6.07 Å². The predicted octanol–water partition coefficient (Wildman–Crippen LogP) is 7.97. The average molecular weight is 488 g/mol. The molecule has 2 aromatic carbocycles. The van der Waals surface area contributed by atoms with Crippen molar-refractivity contribution >= 4 is 23.2 Å². The third kappa shape index (κ3) is 8.97. The molecule has 2 nitrogen and oxygen atoms in total. The fraction of sp³-hybridized carbons (Fsp3) is 0.552. The zero-order valence-electron chi connectivity index (χ0n) is 20.7. The van der Waals surface area contributed by atoms with Crippen LogP contribution in [0.2, 0.25) is 0 Å². The molecule has 0 amide bonds. The summed E-state index contributed by atoms with van der Waals surface area (Å²) in [6, 6.07) is 22.8. The molecular formula is C29H40Cl2N2. The van der Waals surface area contributed by atoms with Gasteiger partial charge in [0.2, 0.25) is 0 Å². The van der Waals surface area contributed by atoms with Crippen LogP contribution in [0.15, 0.2) is 54.6 Å². The highest BCUT2D eigenvalue weighted by molar-refractivity contribution is 6.24. The molecule has 33 heavy (non-hydrogen) atoms. The molecular weight excluding hydrogens is 447 g/mol. The van der Waals surface area contributed by atoms with Crippen molar-refractivity contribution in [2.45, 2.75) is 95.0 Å². The van der Waals surface area contributed by atoms with E-state index >= 15 is 0 Å². The molecule has 0 spiro atoms. The first-order valence-electron chi connectivity index (χ1n) is 12.3. The van der Waals surface area contributed by atoms with Crippen LogP contribution in [0.3, 0.4) is 0 Å². The van der Waals surface area contributed by atoms with Crippen LogP contribution < -0.4 is 0 Å². The molecule has 0 heterocycles. The highest BCUT2D eigenvalue weighted by atomic mass is 35.5. The summed E-state index contributed by atoms with van der Waals surface area (Å²) in [4.78, 5) is 2.64. The van der Waals surface area contributed by atoms with Gasteiger partial charge < -0.3 is 0 Å². The largest absolute Gasteiger partial charge is 0.298 e. The zero-order chi connectivity index (χ0) is 24.2. The predicted molar refractivity (Wildman–Crippen MR) is 143 cm³/mol. The van der Waals surface area contributed by atoms with Crippen LogP contribution in [0.5, 0.6) is 0 Å². The van der Waals surface area contributed by atoms with Crippen LogP contribution in [0.25, 0.3) is 0 Å². The second-order valence-corrected chi connectivity index (χ2v) is 10.5. The molecule has 0 aromatic heterocycles. The normalized spacial score (nSPS) is 21.2. The van der Waals surface area contributed by atoms with E-state index in [9.17, 15) is 0 Å². The Morgan fingerprint density at radius 1 is 0.909 bits per heavy atom. The van der Waals surface area contributed by atoms with Crippen LogP contribution >= 0.6 is 23.2 Å². The van der Waals surface area contributed by atoms with E-state index in [0.717, 1.165) is 38.6 Å². The van der Waals surface area contributed by atoms with E-state index in [0.29, 0.717) is 12.1 Å². The molecule has 1 aliphatic rings. The number of benzene rings is 2. The van der Waals surface area contributed by atoms with Gasteiger partial charge in [0.25, 0.3) is 0 Å². The van der Waals surface area contributed by atoms with Gasteiger partial charge in [-0.15, -0.1) is 23.2 Å². The van der Waals surface area contributed by atoms with E-state index in [1.807, 2.05) is 0 Å². The van der Waals surface area contributed by atoms with Gasteiger partial charge in [-0.1, -0.05) is 61.0 Å². The third-order valence-corrected chi connectivity index (χ3v) is 7.66. The lowest BCUT2D eigenvalue weighted by molar-refractivity contribution is 0.158. The first-order chi connectivity index (χ1) is 15.9. The molecule has 0 bridgehead atoms. The molecule has 2 aromatic rings. The van der Waals surface area contributed by atoms with Crippen LogP contribution in [0.1, 0.15) is 76.0 Å². The van der Waals surface area contributed by atoms with Crippen LogP contribution in [-0.2, 0) is 12.8 Å². The van der Waals surface area contributed by atoms with Crippen molar-refractivity contribution in [2.75, 3.05) is 6.54 Å². The number of alkyl halides is 2. The average Bonchev–Trinajstić information content (AvgIpc) is 2.79. The highest BCUT2D eigenvalue weighted by Crippen LogP contribution is 2.39. The zero-order valence-corrected chi connectivity index (χ0v) is 22.2.